The second-order valence-corrected chi connectivity index (χ2v) is 5.33. The molecule has 5 nitrogen and oxygen atoms in total. The van der Waals surface area contributed by atoms with Crippen LogP contribution in [0.25, 0.3) is 0 Å². The van der Waals surface area contributed by atoms with Gasteiger partial charge in [0.05, 0.1) is 32.0 Å². The first-order chi connectivity index (χ1) is 9.11. The predicted octanol–water partition coefficient (Wildman–Crippen LogP) is 1.23. The van der Waals surface area contributed by atoms with Crippen molar-refractivity contribution in [2.75, 3.05) is 33.5 Å². The molecule has 1 saturated heterocycles. The molecule has 1 rings (SSSR count). The molecule has 1 N–H and O–H groups in total. The van der Waals surface area contributed by atoms with E-state index in [1.807, 2.05) is 4.90 Å². The molecule has 19 heavy (non-hydrogen) atoms. The van der Waals surface area contributed by atoms with Gasteiger partial charge in [0, 0.05) is 13.7 Å². The molecule has 0 aromatic rings. The SMILES string of the molecule is CCCC1NC(C(C)C)N(CCOCCOC)C1=O. The maximum absolute atomic E-state index is 12.3. The number of nitrogens with zero attached hydrogens (tertiary/aromatic N) is 1. The van der Waals surface area contributed by atoms with Crippen LogP contribution in [0.1, 0.15) is 33.6 Å². The lowest BCUT2D eigenvalue weighted by atomic mass is 10.1. The van der Waals surface area contributed by atoms with Gasteiger partial charge >= 0.3 is 0 Å². The first-order valence-corrected chi connectivity index (χ1v) is 7.25. The Kier molecular flexibility index (Phi) is 7.34. The number of nitrogens with one attached hydrogen (secondary N) is 1. The van der Waals surface area contributed by atoms with E-state index in [2.05, 4.69) is 26.1 Å². The zero-order valence-corrected chi connectivity index (χ0v) is 12.6. The van der Waals surface area contributed by atoms with Crippen LogP contribution in [0.4, 0.5) is 0 Å². The molecule has 0 aromatic heterocycles. The summed E-state index contributed by atoms with van der Waals surface area (Å²) in [5, 5.41) is 3.44. The summed E-state index contributed by atoms with van der Waals surface area (Å²) in [7, 11) is 1.65. The van der Waals surface area contributed by atoms with Gasteiger partial charge < -0.3 is 14.4 Å². The van der Waals surface area contributed by atoms with E-state index in [1.165, 1.54) is 0 Å². The maximum Gasteiger partial charge on any atom is 0.241 e. The summed E-state index contributed by atoms with van der Waals surface area (Å²) in [4.78, 5) is 14.2. The van der Waals surface area contributed by atoms with Crippen LogP contribution in [0.15, 0.2) is 0 Å². The highest BCUT2D eigenvalue weighted by Gasteiger charge is 2.39. The van der Waals surface area contributed by atoms with Gasteiger partial charge in [0.2, 0.25) is 5.91 Å². The van der Waals surface area contributed by atoms with Crippen molar-refractivity contribution in [3.8, 4) is 0 Å². The summed E-state index contributed by atoms with van der Waals surface area (Å²) in [6, 6.07) is -0.0172. The molecule has 1 aliphatic heterocycles. The van der Waals surface area contributed by atoms with Crippen LogP contribution < -0.4 is 5.32 Å². The molecule has 0 spiro atoms. The van der Waals surface area contributed by atoms with Gasteiger partial charge in [0.25, 0.3) is 0 Å². The minimum atomic E-state index is -0.0172. The van der Waals surface area contributed by atoms with Gasteiger partial charge in [-0.15, -0.1) is 0 Å². The molecule has 1 aliphatic rings. The first-order valence-electron chi connectivity index (χ1n) is 7.25. The normalized spacial score (nSPS) is 23.6. The Labute approximate surface area is 116 Å². The minimum Gasteiger partial charge on any atom is -0.382 e. The highest BCUT2D eigenvalue weighted by molar-refractivity contribution is 5.84. The largest absolute Gasteiger partial charge is 0.382 e. The molecule has 112 valence electrons. The average molecular weight is 272 g/mol. The highest BCUT2D eigenvalue weighted by atomic mass is 16.5. The average Bonchev–Trinajstić information content (AvgIpc) is 2.68. The summed E-state index contributed by atoms with van der Waals surface area (Å²) >= 11 is 0. The van der Waals surface area contributed by atoms with Crippen molar-refractivity contribution in [3.63, 3.8) is 0 Å². The molecular formula is C14H28N2O3. The third-order valence-corrected chi connectivity index (χ3v) is 3.41. The van der Waals surface area contributed by atoms with E-state index in [9.17, 15) is 4.79 Å². The molecule has 0 aromatic carbocycles. The standard InChI is InChI=1S/C14H28N2O3/c1-5-6-12-14(17)16(13(15-12)11(2)3)7-8-19-10-9-18-4/h11-13,15H,5-10H2,1-4H3. The Hall–Kier alpha value is -0.650. The van der Waals surface area contributed by atoms with Gasteiger partial charge in [-0.2, -0.15) is 0 Å². The smallest absolute Gasteiger partial charge is 0.241 e. The van der Waals surface area contributed by atoms with Crippen LogP contribution in [0.5, 0.6) is 0 Å². The highest BCUT2D eigenvalue weighted by Crippen LogP contribution is 2.19. The molecule has 1 heterocycles. The molecule has 1 fully saturated rings. The third-order valence-electron chi connectivity index (χ3n) is 3.41. The number of carbonyl (C=O) groups excluding carboxylic acids is 1. The van der Waals surface area contributed by atoms with Crippen molar-refractivity contribution in [2.45, 2.75) is 45.8 Å². The van der Waals surface area contributed by atoms with Gasteiger partial charge in [-0.1, -0.05) is 27.2 Å². The van der Waals surface area contributed by atoms with Crippen molar-refractivity contribution in [1.82, 2.24) is 10.2 Å². The third kappa shape index (κ3) is 4.75. The van der Waals surface area contributed by atoms with Crippen molar-refractivity contribution in [2.24, 2.45) is 5.92 Å². The van der Waals surface area contributed by atoms with Gasteiger partial charge in [0.15, 0.2) is 0 Å². The Morgan fingerprint density at radius 2 is 2.05 bits per heavy atom. The zero-order valence-electron chi connectivity index (χ0n) is 12.6. The predicted molar refractivity (Wildman–Crippen MR) is 74.9 cm³/mol. The quantitative estimate of drug-likeness (QED) is 0.642. The number of methoxy groups -OCH3 is 1. The van der Waals surface area contributed by atoms with Crippen LogP contribution in [0.2, 0.25) is 0 Å². The molecule has 2 atom stereocenters. The summed E-state index contributed by atoms with van der Waals surface area (Å²) in [6.07, 6.45) is 2.06. The maximum atomic E-state index is 12.3. The van der Waals surface area contributed by atoms with E-state index in [0.29, 0.717) is 32.3 Å². The molecule has 5 heteroatoms. The summed E-state index contributed by atoms with van der Waals surface area (Å²) < 4.78 is 10.4. The molecule has 0 radical (unpaired) electrons. The van der Waals surface area contributed by atoms with Crippen molar-refractivity contribution >= 4 is 5.91 Å². The minimum absolute atomic E-state index is 0.0172. The molecular weight excluding hydrogens is 244 g/mol. The summed E-state index contributed by atoms with van der Waals surface area (Å²) in [6.45, 7) is 8.78. The van der Waals surface area contributed by atoms with Crippen molar-refractivity contribution < 1.29 is 14.3 Å². The number of ether oxygens (including phenoxy) is 2. The Morgan fingerprint density at radius 3 is 2.63 bits per heavy atom. The van der Waals surface area contributed by atoms with Crippen LogP contribution in [-0.4, -0.2) is 56.5 Å². The van der Waals surface area contributed by atoms with Crippen molar-refractivity contribution in [3.05, 3.63) is 0 Å². The second kappa shape index (κ2) is 8.51. The van der Waals surface area contributed by atoms with Gasteiger partial charge in [-0.3, -0.25) is 10.1 Å². The Bertz CT molecular complexity index is 271. The fourth-order valence-electron chi connectivity index (χ4n) is 2.41. The fourth-order valence-corrected chi connectivity index (χ4v) is 2.41. The molecule has 1 amide bonds. The van der Waals surface area contributed by atoms with E-state index >= 15 is 0 Å². The van der Waals surface area contributed by atoms with E-state index in [-0.39, 0.29) is 18.1 Å². The van der Waals surface area contributed by atoms with Crippen LogP contribution >= 0.6 is 0 Å². The van der Waals surface area contributed by atoms with Gasteiger partial charge in [-0.25, -0.2) is 0 Å². The van der Waals surface area contributed by atoms with Crippen molar-refractivity contribution in [1.29, 1.82) is 0 Å². The topological polar surface area (TPSA) is 50.8 Å². The molecule has 2 unspecified atom stereocenters. The Morgan fingerprint density at radius 1 is 1.32 bits per heavy atom. The lowest BCUT2D eigenvalue weighted by Crippen LogP contribution is -2.43. The zero-order chi connectivity index (χ0) is 14.3. The fraction of sp³-hybridized carbons (Fsp3) is 0.929. The number of rotatable bonds is 9. The monoisotopic (exact) mass is 272 g/mol. The van der Waals surface area contributed by atoms with Crippen LogP contribution in [0, 0.1) is 5.92 Å². The number of hydrogen-bond donors (Lipinski definition) is 1. The molecule has 0 saturated carbocycles. The number of amides is 1. The number of carbonyl (C=O) groups is 1. The van der Waals surface area contributed by atoms with Gasteiger partial charge in [0.1, 0.15) is 0 Å². The first kappa shape index (κ1) is 16.4. The van der Waals surface area contributed by atoms with E-state index < -0.39 is 0 Å². The Balaban J connectivity index is 2.45. The summed E-state index contributed by atoms with van der Waals surface area (Å²) in [5.41, 5.74) is 0. The van der Waals surface area contributed by atoms with E-state index in [0.717, 1.165) is 12.8 Å². The van der Waals surface area contributed by atoms with Crippen LogP contribution in [-0.2, 0) is 14.3 Å². The van der Waals surface area contributed by atoms with Gasteiger partial charge in [-0.05, 0) is 12.3 Å². The number of hydrogen-bond acceptors (Lipinski definition) is 4. The van der Waals surface area contributed by atoms with Crippen LogP contribution in [0.3, 0.4) is 0 Å². The lowest BCUT2D eigenvalue weighted by molar-refractivity contribution is -0.131. The molecule has 0 bridgehead atoms. The summed E-state index contributed by atoms with van der Waals surface area (Å²) in [5.74, 6) is 0.626. The lowest BCUT2D eigenvalue weighted by Gasteiger charge is -2.27. The second-order valence-electron chi connectivity index (χ2n) is 5.33. The van der Waals surface area contributed by atoms with E-state index in [4.69, 9.17) is 9.47 Å². The van der Waals surface area contributed by atoms with E-state index in [1.54, 1.807) is 7.11 Å². The molecule has 0 aliphatic carbocycles.